The minimum atomic E-state index is -1.04. The molecule has 0 saturated heterocycles. The van der Waals surface area contributed by atoms with Crippen LogP contribution in [0.15, 0.2) is 77.4 Å². The van der Waals surface area contributed by atoms with Crippen LogP contribution in [0.2, 0.25) is 0 Å². The maximum absolute atomic E-state index is 13.4. The van der Waals surface area contributed by atoms with Crippen molar-refractivity contribution < 1.29 is 24.0 Å². The van der Waals surface area contributed by atoms with Gasteiger partial charge in [0.15, 0.2) is 5.78 Å². The predicted molar refractivity (Wildman–Crippen MR) is 115 cm³/mol. The number of para-hydroxylation sites is 1. The minimum Gasteiger partial charge on any atom is -0.462 e. The van der Waals surface area contributed by atoms with Crippen LogP contribution in [-0.4, -0.2) is 23.3 Å². The lowest BCUT2D eigenvalue weighted by molar-refractivity contribution is -0.385. The number of esters is 1. The topological polar surface area (TPSA) is 122 Å². The lowest BCUT2D eigenvalue weighted by atomic mass is 9.73. The van der Waals surface area contributed by atoms with E-state index in [0.29, 0.717) is 12.2 Å². The molecule has 0 aromatic heterocycles. The second-order valence-electron chi connectivity index (χ2n) is 7.63. The van der Waals surface area contributed by atoms with Crippen molar-refractivity contribution in [1.82, 2.24) is 0 Å². The van der Waals surface area contributed by atoms with Gasteiger partial charge in [-0.2, -0.15) is 0 Å². The van der Waals surface area contributed by atoms with E-state index in [0.717, 1.165) is 5.56 Å². The van der Waals surface area contributed by atoms with Crippen molar-refractivity contribution in [3.63, 3.8) is 0 Å². The molecule has 1 aliphatic heterocycles. The summed E-state index contributed by atoms with van der Waals surface area (Å²) >= 11 is 0. The number of benzene rings is 2. The smallest absolute Gasteiger partial charge is 0.340 e. The fraction of sp³-hybridized carbons (Fsp3) is 0.250. The molecule has 2 N–H and O–H groups in total. The van der Waals surface area contributed by atoms with Crippen molar-refractivity contribution in [2.45, 2.75) is 31.6 Å². The van der Waals surface area contributed by atoms with Crippen molar-refractivity contribution in [1.29, 1.82) is 0 Å². The van der Waals surface area contributed by atoms with Crippen LogP contribution < -0.4 is 5.73 Å². The van der Waals surface area contributed by atoms with Crippen molar-refractivity contribution in [2.75, 3.05) is 6.61 Å². The minimum absolute atomic E-state index is 0.0785. The SMILES string of the molecule is CCOC(=O)C1=C(N)OC2=C(C(=O)CC(c3ccccc3)C2)C1c1ccccc1[N+](=O)[O-]. The highest BCUT2D eigenvalue weighted by atomic mass is 16.6. The van der Waals surface area contributed by atoms with E-state index >= 15 is 0 Å². The zero-order chi connectivity index (χ0) is 22.8. The normalized spacial score (nSPS) is 20.5. The number of hydrogen-bond donors (Lipinski definition) is 1. The van der Waals surface area contributed by atoms with Gasteiger partial charge in [0, 0.05) is 30.0 Å². The molecule has 2 aromatic carbocycles. The predicted octanol–water partition coefficient (Wildman–Crippen LogP) is 3.84. The number of nitrogens with zero attached hydrogens (tertiary/aromatic N) is 1. The van der Waals surface area contributed by atoms with Gasteiger partial charge >= 0.3 is 5.97 Å². The summed E-state index contributed by atoms with van der Waals surface area (Å²) in [6.45, 7) is 1.72. The molecule has 8 heteroatoms. The Morgan fingerprint density at radius 2 is 1.84 bits per heavy atom. The quantitative estimate of drug-likeness (QED) is 0.431. The summed E-state index contributed by atoms with van der Waals surface area (Å²) in [4.78, 5) is 37.4. The Labute approximate surface area is 184 Å². The van der Waals surface area contributed by atoms with Crippen molar-refractivity contribution in [2.24, 2.45) is 5.73 Å². The van der Waals surface area contributed by atoms with Crippen LogP contribution in [0, 0.1) is 10.1 Å². The zero-order valence-electron chi connectivity index (χ0n) is 17.4. The molecule has 2 aromatic rings. The first kappa shape index (κ1) is 21.3. The van der Waals surface area contributed by atoms with E-state index in [1.165, 1.54) is 18.2 Å². The fourth-order valence-electron chi connectivity index (χ4n) is 4.39. The molecule has 0 bridgehead atoms. The largest absolute Gasteiger partial charge is 0.462 e. The molecule has 32 heavy (non-hydrogen) atoms. The second kappa shape index (κ2) is 8.66. The molecule has 1 heterocycles. The van der Waals surface area contributed by atoms with Crippen molar-refractivity contribution in [3.8, 4) is 0 Å². The Hall–Kier alpha value is -3.94. The van der Waals surface area contributed by atoms with E-state index in [2.05, 4.69) is 0 Å². The monoisotopic (exact) mass is 434 g/mol. The lowest BCUT2D eigenvalue weighted by Gasteiger charge is -2.34. The number of nitro benzene ring substituents is 1. The number of allylic oxidation sites excluding steroid dienone is 2. The van der Waals surface area contributed by atoms with Gasteiger partial charge < -0.3 is 15.2 Å². The van der Waals surface area contributed by atoms with Crippen LogP contribution in [0.3, 0.4) is 0 Å². The highest BCUT2D eigenvalue weighted by Gasteiger charge is 2.45. The van der Waals surface area contributed by atoms with Gasteiger partial charge in [0.05, 0.1) is 17.4 Å². The van der Waals surface area contributed by atoms with Gasteiger partial charge in [-0.05, 0) is 18.4 Å². The maximum atomic E-state index is 13.4. The number of nitrogens with two attached hydrogens (primary N) is 1. The number of carbonyl (C=O) groups excluding carboxylic acids is 2. The van der Waals surface area contributed by atoms with Crippen LogP contribution in [0.25, 0.3) is 0 Å². The molecule has 0 amide bonds. The van der Waals surface area contributed by atoms with Crippen LogP contribution in [0.1, 0.15) is 42.7 Å². The molecule has 8 nitrogen and oxygen atoms in total. The summed E-state index contributed by atoms with van der Waals surface area (Å²) < 4.78 is 10.9. The van der Waals surface area contributed by atoms with E-state index in [1.807, 2.05) is 30.3 Å². The third kappa shape index (κ3) is 3.75. The number of nitro groups is 1. The molecular formula is C24H22N2O6. The number of rotatable bonds is 5. The van der Waals surface area contributed by atoms with Crippen molar-refractivity contribution >= 4 is 17.4 Å². The molecular weight excluding hydrogens is 412 g/mol. The van der Waals surface area contributed by atoms with Gasteiger partial charge in [-0.15, -0.1) is 0 Å². The number of Topliss-reactive ketones (excluding diaryl/α,β-unsaturated/α-hetero) is 1. The summed E-state index contributed by atoms with van der Waals surface area (Å²) in [5, 5.41) is 11.7. The number of ketones is 1. The highest BCUT2D eigenvalue weighted by Crippen LogP contribution is 2.48. The van der Waals surface area contributed by atoms with Crippen molar-refractivity contribution in [3.05, 3.63) is 98.6 Å². The third-order valence-electron chi connectivity index (χ3n) is 5.75. The highest BCUT2D eigenvalue weighted by molar-refractivity contribution is 6.04. The summed E-state index contributed by atoms with van der Waals surface area (Å²) in [5.41, 5.74) is 7.25. The van der Waals surface area contributed by atoms with Gasteiger partial charge in [-0.1, -0.05) is 48.5 Å². The number of ether oxygens (including phenoxy) is 2. The van der Waals surface area contributed by atoms with E-state index < -0.39 is 16.8 Å². The van der Waals surface area contributed by atoms with E-state index in [-0.39, 0.29) is 53.0 Å². The maximum Gasteiger partial charge on any atom is 0.340 e. The van der Waals surface area contributed by atoms with E-state index in [9.17, 15) is 19.7 Å². The molecule has 0 fully saturated rings. The summed E-state index contributed by atoms with van der Waals surface area (Å²) in [6.07, 6.45) is 0.582. The zero-order valence-corrected chi connectivity index (χ0v) is 17.4. The van der Waals surface area contributed by atoms with Gasteiger partial charge in [0.2, 0.25) is 5.88 Å². The van der Waals surface area contributed by atoms with Crippen LogP contribution in [0.5, 0.6) is 0 Å². The summed E-state index contributed by atoms with van der Waals surface area (Å²) in [6, 6.07) is 15.6. The van der Waals surface area contributed by atoms with Crippen LogP contribution in [-0.2, 0) is 19.1 Å². The molecule has 0 spiro atoms. The van der Waals surface area contributed by atoms with Gasteiger partial charge in [0.1, 0.15) is 11.3 Å². The van der Waals surface area contributed by atoms with Crippen LogP contribution in [0.4, 0.5) is 5.69 Å². The van der Waals surface area contributed by atoms with Gasteiger partial charge in [-0.3, -0.25) is 14.9 Å². The Morgan fingerprint density at radius 3 is 2.53 bits per heavy atom. The second-order valence-corrected chi connectivity index (χ2v) is 7.63. The standard InChI is InChI=1S/C24H22N2O6/c1-2-31-24(28)22-20(16-10-6-7-11-17(16)26(29)30)21-18(27)12-15(13-19(21)32-23(22)25)14-8-4-3-5-9-14/h3-11,15,20H,2,12-13,25H2,1H3. The number of hydrogen-bond acceptors (Lipinski definition) is 7. The molecule has 2 atom stereocenters. The Balaban J connectivity index is 1.87. The van der Waals surface area contributed by atoms with E-state index in [1.54, 1.807) is 13.0 Å². The summed E-state index contributed by atoms with van der Waals surface area (Å²) in [7, 11) is 0. The molecule has 2 unspecified atom stereocenters. The number of carbonyl (C=O) groups is 2. The van der Waals surface area contributed by atoms with Gasteiger partial charge in [0.25, 0.3) is 5.69 Å². The Kier molecular flexibility index (Phi) is 5.77. The van der Waals surface area contributed by atoms with E-state index in [4.69, 9.17) is 15.2 Å². The lowest BCUT2D eigenvalue weighted by Crippen LogP contribution is -2.33. The molecule has 0 radical (unpaired) electrons. The van der Waals surface area contributed by atoms with Crippen LogP contribution >= 0.6 is 0 Å². The Morgan fingerprint density at radius 1 is 1.16 bits per heavy atom. The average molecular weight is 434 g/mol. The fourth-order valence-corrected chi connectivity index (χ4v) is 4.39. The molecule has 4 rings (SSSR count). The first-order valence-electron chi connectivity index (χ1n) is 10.3. The third-order valence-corrected chi connectivity index (χ3v) is 5.75. The first-order valence-corrected chi connectivity index (χ1v) is 10.3. The summed E-state index contributed by atoms with van der Waals surface area (Å²) in [5.74, 6) is -2.03. The first-order chi connectivity index (χ1) is 15.4. The molecule has 2 aliphatic rings. The molecule has 164 valence electrons. The van der Waals surface area contributed by atoms with Gasteiger partial charge in [-0.25, -0.2) is 4.79 Å². The average Bonchev–Trinajstić information content (AvgIpc) is 2.78. The molecule has 0 saturated carbocycles. The molecule has 1 aliphatic carbocycles. The Bertz CT molecular complexity index is 1150.